The first-order chi connectivity index (χ1) is 9.36. The first-order valence-electron chi connectivity index (χ1n) is 6.54. The Bertz CT molecular complexity index is 472. The van der Waals surface area contributed by atoms with E-state index in [4.69, 9.17) is 4.74 Å². The van der Waals surface area contributed by atoms with Crippen molar-refractivity contribution in [2.24, 2.45) is 0 Å². The van der Waals surface area contributed by atoms with Crippen molar-refractivity contribution in [3.05, 3.63) is 5.82 Å². The molecule has 0 spiro atoms. The lowest BCUT2D eigenvalue weighted by Gasteiger charge is -2.28. The second-order valence-electron chi connectivity index (χ2n) is 5.81. The van der Waals surface area contributed by atoms with Gasteiger partial charge in [0.15, 0.2) is 0 Å². The van der Waals surface area contributed by atoms with Gasteiger partial charge in [0.05, 0.1) is 18.8 Å². The molecule has 0 radical (unpaired) electrons. The van der Waals surface area contributed by atoms with Crippen molar-refractivity contribution >= 4 is 22.7 Å². The van der Waals surface area contributed by atoms with E-state index in [2.05, 4.69) is 20.0 Å². The largest absolute Gasteiger partial charge is 0.391 e. The molecule has 3 N–H and O–H groups in total. The number of anilines is 1. The molecule has 112 valence electrons. The Balaban J connectivity index is 1.89. The third-order valence-corrected chi connectivity index (χ3v) is 3.58. The summed E-state index contributed by atoms with van der Waals surface area (Å²) in [5, 5.41) is 15.5. The summed E-state index contributed by atoms with van der Waals surface area (Å²) < 4.78 is 9.44. The Morgan fingerprint density at radius 3 is 2.85 bits per heavy atom. The number of hydrogen-bond acceptors (Lipinski definition) is 6. The number of amides is 2. The average molecular weight is 300 g/mol. The number of aliphatic hydroxyl groups is 1. The van der Waals surface area contributed by atoms with E-state index in [1.807, 2.05) is 20.8 Å². The number of nitrogens with zero attached hydrogens (tertiary/aromatic N) is 2. The standard InChI is InChI=1S/C12H20N4O3S/c1-12(2,3)9-14-11(20-16-9)15-10(18)13-7-6-19-5-4-8(7)17/h7-8,17H,4-6H2,1-3H3,(H2,13,14,15,16,18)/t7-,8-/m1/s1. The van der Waals surface area contributed by atoms with E-state index in [9.17, 15) is 9.90 Å². The summed E-state index contributed by atoms with van der Waals surface area (Å²) in [4.78, 5) is 16.1. The van der Waals surface area contributed by atoms with Gasteiger partial charge in [0, 0.05) is 23.6 Å². The number of carbonyl (C=O) groups excluding carboxylic acids is 1. The average Bonchev–Trinajstić information content (AvgIpc) is 2.80. The Labute approximate surface area is 121 Å². The maximum Gasteiger partial charge on any atom is 0.321 e. The fraction of sp³-hybridized carbons (Fsp3) is 0.750. The number of ether oxygens (including phenoxy) is 1. The lowest BCUT2D eigenvalue weighted by Crippen LogP contribution is -2.50. The minimum absolute atomic E-state index is 0.152. The van der Waals surface area contributed by atoms with Crippen LogP contribution in [0.15, 0.2) is 0 Å². The minimum Gasteiger partial charge on any atom is -0.391 e. The molecule has 1 aliphatic heterocycles. The fourth-order valence-electron chi connectivity index (χ4n) is 1.74. The van der Waals surface area contributed by atoms with E-state index in [0.717, 1.165) is 11.5 Å². The summed E-state index contributed by atoms with van der Waals surface area (Å²) >= 11 is 1.14. The van der Waals surface area contributed by atoms with Gasteiger partial charge < -0.3 is 15.2 Å². The molecular weight excluding hydrogens is 280 g/mol. The molecule has 1 fully saturated rings. The Hall–Kier alpha value is -1.25. The third-order valence-electron chi connectivity index (χ3n) is 2.95. The van der Waals surface area contributed by atoms with Crippen molar-refractivity contribution in [3.8, 4) is 0 Å². The predicted molar refractivity (Wildman–Crippen MR) is 76.0 cm³/mol. The zero-order valence-corrected chi connectivity index (χ0v) is 12.7. The lowest BCUT2D eigenvalue weighted by molar-refractivity contribution is -0.0113. The topological polar surface area (TPSA) is 96.4 Å². The molecule has 0 aliphatic carbocycles. The number of urea groups is 1. The molecule has 0 bridgehead atoms. The summed E-state index contributed by atoms with van der Waals surface area (Å²) in [7, 11) is 0. The Kier molecular flexibility index (Phi) is 4.56. The van der Waals surface area contributed by atoms with Crippen LogP contribution in [0.2, 0.25) is 0 Å². The molecule has 2 atom stereocenters. The van der Waals surface area contributed by atoms with E-state index >= 15 is 0 Å². The van der Waals surface area contributed by atoms with Crippen LogP contribution < -0.4 is 10.6 Å². The molecule has 1 aromatic heterocycles. The molecule has 7 nitrogen and oxygen atoms in total. The highest BCUT2D eigenvalue weighted by Crippen LogP contribution is 2.22. The van der Waals surface area contributed by atoms with Crippen LogP contribution >= 0.6 is 11.5 Å². The first-order valence-corrected chi connectivity index (χ1v) is 7.31. The van der Waals surface area contributed by atoms with Crippen LogP contribution in [-0.4, -0.2) is 45.9 Å². The molecule has 0 aromatic carbocycles. The quantitative estimate of drug-likeness (QED) is 0.760. The maximum atomic E-state index is 11.8. The van der Waals surface area contributed by atoms with Crippen LogP contribution in [0.1, 0.15) is 33.0 Å². The Morgan fingerprint density at radius 2 is 2.25 bits per heavy atom. The van der Waals surface area contributed by atoms with Gasteiger partial charge in [-0.25, -0.2) is 9.78 Å². The predicted octanol–water partition coefficient (Wildman–Crippen LogP) is 1.11. The molecule has 0 unspecified atom stereocenters. The third kappa shape index (κ3) is 3.87. The molecule has 2 heterocycles. The van der Waals surface area contributed by atoms with Crippen molar-refractivity contribution in [1.29, 1.82) is 0 Å². The summed E-state index contributed by atoms with van der Waals surface area (Å²) in [5.41, 5.74) is -0.152. The molecule has 1 aromatic rings. The normalized spacial score (nSPS) is 23.4. The van der Waals surface area contributed by atoms with Crippen molar-refractivity contribution < 1.29 is 14.6 Å². The van der Waals surface area contributed by atoms with Crippen molar-refractivity contribution in [2.75, 3.05) is 18.5 Å². The number of hydrogen-bond donors (Lipinski definition) is 3. The van der Waals surface area contributed by atoms with Gasteiger partial charge in [-0.3, -0.25) is 5.32 Å². The van der Waals surface area contributed by atoms with Crippen LogP contribution in [0, 0.1) is 0 Å². The molecule has 20 heavy (non-hydrogen) atoms. The van der Waals surface area contributed by atoms with Gasteiger partial charge in [-0.1, -0.05) is 20.8 Å². The van der Waals surface area contributed by atoms with Gasteiger partial charge in [0.1, 0.15) is 5.82 Å². The van der Waals surface area contributed by atoms with Gasteiger partial charge >= 0.3 is 6.03 Å². The molecule has 1 aliphatic rings. The Morgan fingerprint density at radius 1 is 1.50 bits per heavy atom. The molecule has 8 heteroatoms. The van der Waals surface area contributed by atoms with Gasteiger partial charge in [0.25, 0.3) is 0 Å². The molecular formula is C12H20N4O3S. The van der Waals surface area contributed by atoms with Crippen LogP contribution in [0.5, 0.6) is 0 Å². The van der Waals surface area contributed by atoms with Crippen molar-refractivity contribution in [2.45, 2.75) is 44.8 Å². The zero-order chi connectivity index (χ0) is 14.8. The number of carbonyl (C=O) groups is 1. The number of nitrogens with one attached hydrogen (secondary N) is 2. The number of aromatic nitrogens is 2. The van der Waals surface area contributed by atoms with Gasteiger partial charge in [0.2, 0.25) is 5.13 Å². The number of rotatable bonds is 2. The highest BCUT2D eigenvalue weighted by atomic mass is 32.1. The van der Waals surface area contributed by atoms with E-state index in [0.29, 0.717) is 30.6 Å². The molecule has 1 saturated heterocycles. The SMILES string of the molecule is CC(C)(C)c1nsc(NC(=O)N[C@@H]2COCC[C@H]2O)n1. The van der Waals surface area contributed by atoms with Gasteiger partial charge in [-0.05, 0) is 6.42 Å². The summed E-state index contributed by atoms with van der Waals surface area (Å²) in [6.07, 6.45) is -0.0492. The minimum atomic E-state index is -0.575. The van der Waals surface area contributed by atoms with E-state index in [-0.39, 0.29) is 5.41 Å². The summed E-state index contributed by atoms with van der Waals surface area (Å²) in [6.45, 7) is 6.86. The van der Waals surface area contributed by atoms with Gasteiger partial charge in [-0.2, -0.15) is 4.37 Å². The highest BCUT2D eigenvalue weighted by Gasteiger charge is 2.26. The second kappa shape index (κ2) is 6.02. The van der Waals surface area contributed by atoms with E-state index in [1.54, 1.807) is 0 Å². The van der Waals surface area contributed by atoms with Crippen molar-refractivity contribution in [1.82, 2.24) is 14.7 Å². The smallest absolute Gasteiger partial charge is 0.321 e. The highest BCUT2D eigenvalue weighted by molar-refractivity contribution is 7.09. The summed E-state index contributed by atoms with van der Waals surface area (Å²) in [6, 6.07) is -0.796. The zero-order valence-electron chi connectivity index (χ0n) is 11.8. The lowest BCUT2D eigenvalue weighted by atomic mass is 9.96. The van der Waals surface area contributed by atoms with Crippen LogP contribution in [0.3, 0.4) is 0 Å². The van der Waals surface area contributed by atoms with Crippen LogP contribution in [0.25, 0.3) is 0 Å². The maximum absolute atomic E-state index is 11.8. The number of aliphatic hydroxyl groups excluding tert-OH is 1. The molecule has 2 amide bonds. The van der Waals surface area contributed by atoms with E-state index < -0.39 is 18.2 Å². The van der Waals surface area contributed by atoms with Crippen LogP contribution in [0.4, 0.5) is 9.93 Å². The van der Waals surface area contributed by atoms with E-state index in [1.165, 1.54) is 0 Å². The van der Waals surface area contributed by atoms with Gasteiger partial charge in [-0.15, -0.1) is 0 Å². The monoisotopic (exact) mass is 300 g/mol. The first kappa shape index (κ1) is 15.1. The fourth-order valence-corrected chi connectivity index (χ4v) is 2.50. The second-order valence-corrected chi connectivity index (χ2v) is 6.56. The summed E-state index contributed by atoms with van der Waals surface area (Å²) in [5.74, 6) is 0.693. The van der Waals surface area contributed by atoms with Crippen LogP contribution in [-0.2, 0) is 10.2 Å². The molecule has 2 rings (SSSR count). The van der Waals surface area contributed by atoms with Crippen molar-refractivity contribution in [3.63, 3.8) is 0 Å². The molecule has 0 saturated carbocycles.